The van der Waals surface area contributed by atoms with Gasteiger partial charge in [0.1, 0.15) is 5.82 Å². The van der Waals surface area contributed by atoms with Gasteiger partial charge in [0.05, 0.1) is 18.5 Å². The fourth-order valence-corrected chi connectivity index (χ4v) is 4.51. The van der Waals surface area contributed by atoms with Crippen molar-refractivity contribution in [2.75, 3.05) is 5.32 Å². The molecule has 3 N–H and O–H groups in total. The minimum atomic E-state index is -0.0913. The number of nitrogens with zero attached hydrogens (tertiary/aromatic N) is 1. The molecule has 1 saturated carbocycles. The number of nitrogens with one attached hydrogen (secondary N) is 3. The number of anilines is 1. The van der Waals surface area contributed by atoms with Crippen molar-refractivity contribution >= 4 is 40.0 Å². The normalized spacial score (nSPS) is 17.2. The number of fused-ring (bicyclic) bond motifs is 1. The Balaban J connectivity index is 1.09. The number of aromatic amines is 1. The number of carbonyl (C=O) groups excluding carboxylic acids is 2. The fourth-order valence-electron chi connectivity index (χ4n) is 4.38. The van der Waals surface area contributed by atoms with Crippen LogP contribution in [0.4, 0.5) is 5.82 Å². The summed E-state index contributed by atoms with van der Waals surface area (Å²) < 4.78 is 0. The van der Waals surface area contributed by atoms with E-state index < -0.39 is 0 Å². The van der Waals surface area contributed by atoms with Crippen LogP contribution in [0.1, 0.15) is 35.6 Å². The number of halogens is 1. The first-order valence-electron chi connectivity index (χ1n) is 11.4. The Morgan fingerprint density at radius 1 is 0.882 bits per heavy atom. The van der Waals surface area contributed by atoms with Gasteiger partial charge >= 0.3 is 0 Å². The highest BCUT2D eigenvalue weighted by atomic mass is 35.5. The van der Waals surface area contributed by atoms with Gasteiger partial charge in [-0.3, -0.25) is 14.7 Å². The lowest BCUT2D eigenvalue weighted by Crippen LogP contribution is -2.44. The Labute approximate surface area is 202 Å². The average Bonchev–Trinajstić information content (AvgIpc) is 3.25. The Bertz CT molecular complexity index is 1330. The van der Waals surface area contributed by atoms with Crippen LogP contribution in [0.25, 0.3) is 10.8 Å². The van der Waals surface area contributed by atoms with Crippen molar-refractivity contribution in [2.24, 2.45) is 0 Å². The zero-order chi connectivity index (χ0) is 23.5. The molecule has 0 spiro atoms. The summed E-state index contributed by atoms with van der Waals surface area (Å²) in [4.78, 5) is 24.8. The van der Waals surface area contributed by atoms with Gasteiger partial charge in [0, 0.05) is 23.0 Å². The third-order valence-electron chi connectivity index (χ3n) is 6.25. The van der Waals surface area contributed by atoms with E-state index in [2.05, 4.69) is 26.9 Å². The minimum absolute atomic E-state index is 0.00874. The van der Waals surface area contributed by atoms with Crippen LogP contribution in [-0.4, -0.2) is 28.1 Å². The monoisotopic (exact) mass is 472 g/mol. The molecule has 2 amide bonds. The van der Waals surface area contributed by atoms with Gasteiger partial charge in [0.25, 0.3) is 0 Å². The van der Waals surface area contributed by atoms with Crippen LogP contribution in [0.2, 0.25) is 5.02 Å². The SMILES string of the molecule is O=C(Cc1ccc2ccccc2c1)Nc1cc(C2CC(NC(=O)Cc3ccc(Cl)cc3)C2)n[nH]1. The van der Waals surface area contributed by atoms with Crippen molar-refractivity contribution < 1.29 is 9.59 Å². The Kier molecular flexibility index (Phi) is 6.32. The molecule has 1 fully saturated rings. The maximum atomic E-state index is 12.5. The van der Waals surface area contributed by atoms with Gasteiger partial charge in [-0.25, -0.2) is 0 Å². The molecule has 0 saturated heterocycles. The summed E-state index contributed by atoms with van der Waals surface area (Å²) in [5, 5.41) is 16.2. The van der Waals surface area contributed by atoms with Gasteiger partial charge in [-0.1, -0.05) is 66.2 Å². The van der Waals surface area contributed by atoms with Crippen LogP contribution in [0.5, 0.6) is 0 Å². The number of H-pyrrole nitrogens is 1. The van der Waals surface area contributed by atoms with Crippen molar-refractivity contribution in [3.05, 3.63) is 94.6 Å². The number of carbonyl (C=O) groups is 2. The second-order valence-electron chi connectivity index (χ2n) is 8.85. The highest BCUT2D eigenvalue weighted by Gasteiger charge is 2.33. The van der Waals surface area contributed by atoms with Gasteiger partial charge in [-0.15, -0.1) is 0 Å². The van der Waals surface area contributed by atoms with Crippen LogP contribution in [-0.2, 0) is 22.4 Å². The summed E-state index contributed by atoms with van der Waals surface area (Å²) in [5.74, 6) is 0.778. The molecule has 4 aromatic rings. The first-order valence-corrected chi connectivity index (χ1v) is 11.8. The maximum Gasteiger partial charge on any atom is 0.229 e. The topological polar surface area (TPSA) is 86.9 Å². The summed E-state index contributed by atoms with van der Waals surface area (Å²) >= 11 is 5.89. The van der Waals surface area contributed by atoms with Crippen molar-refractivity contribution in [3.63, 3.8) is 0 Å². The van der Waals surface area contributed by atoms with Gasteiger partial charge in [0.15, 0.2) is 0 Å². The Morgan fingerprint density at radius 3 is 2.38 bits per heavy atom. The number of amides is 2. The minimum Gasteiger partial charge on any atom is -0.353 e. The number of benzene rings is 3. The van der Waals surface area contributed by atoms with Gasteiger partial charge in [-0.2, -0.15) is 5.10 Å². The summed E-state index contributed by atoms with van der Waals surface area (Å²) in [6, 6.07) is 23.5. The van der Waals surface area contributed by atoms with E-state index in [1.165, 1.54) is 0 Å². The van der Waals surface area contributed by atoms with Crippen LogP contribution >= 0.6 is 11.6 Å². The molecule has 1 aromatic heterocycles. The summed E-state index contributed by atoms with van der Waals surface area (Å²) in [7, 11) is 0. The molecule has 3 aromatic carbocycles. The first kappa shape index (κ1) is 22.2. The fraction of sp³-hybridized carbons (Fsp3) is 0.222. The maximum absolute atomic E-state index is 12.5. The van der Waals surface area contributed by atoms with Crippen molar-refractivity contribution in [2.45, 2.75) is 37.6 Å². The number of aromatic nitrogens is 2. The highest BCUT2D eigenvalue weighted by molar-refractivity contribution is 6.30. The van der Waals surface area contributed by atoms with E-state index >= 15 is 0 Å². The predicted molar refractivity (Wildman–Crippen MR) is 134 cm³/mol. The Hall–Kier alpha value is -3.64. The molecule has 7 heteroatoms. The second-order valence-corrected chi connectivity index (χ2v) is 9.29. The molecular weight excluding hydrogens is 448 g/mol. The third-order valence-corrected chi connectivity index (χ3v) is 6.50. The van der Waals surface area contributed by atoms with Crippen LogP contribution in [0.15, 0.2) is 72.8 Å². The molecule has 172 valence electrons. The molecule has 1 aliphatic rings. The summed E-state index contributed by atoms with van der Waals surface area (Å²) in [6.45, 7) is 0. The molecular formula is C27H25ClN4O2. The molecule has 6 nitrogen and oxygen atoms in total. The third kappa shape index (κ3) is 5.29. The number of hydrogen-bond acceptors (Lipinski definition) is 3. The van der Waals surface area contributed by atoms with Crippen LogP contribution in [0.3, 0.4) is 0 Å². The highest BCUT2D eigenvalue weighted by Crippen LogP contribution is 2.36. The molecule has 1 heterocycles. The van der Waals surface area contributed by atoms with E-state index in [9.17, 15) is 9.59 Å². The molecule has 0 unspecified atom stereocenters. The lowest BCUT2D eigenvalue weighted by atomic mass is 9.78. The van der Waals surface area contributed by atoms with Crippen molar-refractivity contribution in [1.29, 1.82) is 0 Å². The molecule has 34 heavy (non-hydrogen) atoms. The molecule has 1 aliphatic carbocycles. The van der Waals surface area contributed by atoms with Crippen molar-refractivity contribution in [3.8, 4) is 0 Å². The van der Waals surface area contributed by atoms with E-state index in [1.807, 2.05) is 54.6 Å². The van der Waals surface area contributed by atoms with Crippen molar-refractivity contribution in [1.82, 2.24) is 15.5 Å². The smallest absolute Gasteiger partial charge is 0.229 e. The Morgan fingerprint density at radius 2 is 1.59 bits per heavy atom. The zero-order valence-corrected chi connectivity index (χ0v) is 19.3. The summed E-state index contributed by atoms with van der Waals surface area (Å²) in [6.07, 6.45) is 2.31. The molecule has 0 aliphatic heterocycles. The predicted octanol–water partition coefficient (Wildman–Crippen LogP) is 5.00. The van der Waals surface area contributed by atoms with E-state index in [1.54, 1.807) is 12.1 Å². The van der Waals surface area contributed by atoms with E-state index in [4.69, 9.17) is 11.6 Å². The quantitative estimate of drug-likeness (QED) is 0.353. The largest absolute Gasteiger partial charge is 0.353 e. The molecule has 0 radical (unpaired) electrons. The molecule has 5 rings (SSSR count). The molecule has 0 atom stereocenters. The second kappa shape index (κ2) is 9.69. The lowest BCUT2D eigenvalue weighted by molar-refractivity contribution is -0.121. The lowest BCUT2D eigenvalue weighted by Gasteiger charge is -2.34. The van der Waals surface area contributed by atoms with E-state index in [-0.39, 0.29) is 23.8 Å². The van der Waals surface area contributed by atoms with Gasteiger partial charge < -0.3 is 10.6 Å². The average molecular weight is 473 g/mol. The standard InChI is InChI=1S/C27H25ClN4O2/c28-22-9-6-17(7-10-22)12-26(33)29-23-14-21(15-23)24-16-25(32-31-24)30-27(34)13-18-5-8-19-3-1-2-4-20(19)11-18/h1-11,16,21,23H,12-15H2,(H,29,33)(H2,30,31,32,34). The molecule has 0 bridgehead atoms. The number of hydrogen-bond donors (Lipinski definition) is 3. The van der Waals surface area contributed by atoms with Gasteiger partial charge in [-0.05, 0) is 46.9 Å². The van der Waals surface area contributed by atoms with Crippen LogP contribution in [0, 0.1) is 0 Å². The number of rotatable bonds is 7. The van der Waals surface area contributed by atoms with Gasteiger partial charge in [0.2, 0.25) is 11.8 Å². The van der Waals surface area contributed by atoms with E-state index in [0.29, 0.717) is 23.7 Å². The zero-order valence-electron chi connectivity index (χ0n) is 18.6. The van der Waals surface area contributed by atoms with Crippen LogP contribution < -0.4 is 10.6 Å². The first-order chi connectivity index (χ1) is 16.5. The summed E-state index contributed by atoms with van der Waals surface area (Å²) in [5.41, 5.74) is 2.81. The van der Waals surface area contributed by atoms with E-state index in [0.717, 1.165) is 40.4 Å².